The number of benzene rings is 1. The molecular weight excluding hydrogens is 216 g/mol. The molecule has 0 radical (unpaired) electrons. The van der Waals surface area contributed by atoms with Crippen LogP contribution in [0.5, 0.6) is 11.5 Å². The summed E-state index contributed by atoms with van der Waals surface area (Å²) in [6.45, 7) is 11.1. The van der Waals surface area contributed by atoms with E-state index in [1.54, 1.807) is 12.1 Å². The Morgan fingerprint density at radius 3 is 2.38 bits per heavy atom. The number of phenolic OH excluding ortho intramolecular Hbond substituents is 1. The van der Waals surface area contributed by atoms with Gasteiger partial charge < -0.3 is 9.53 Å². The van der Waals surface area contributed by atoms with Gasteiger partial charge in [-0.25, -0.2) is 0 Å². The molecule has 2 nitrogen and oxygen atoms in total. The Balaban J connectivity index is 2.72. The van der Waals surface area contributed by atoms with Crippen molar-refractivity contribution in [3.63, 3.8) is 0 Å². The fourth-order valence-electron chi connectivity index (χ4n) is 2.18. The van der Waals surface area contributed by atoms with Gasteiger partial charge in [0, 0.05) is 6.07 Å². The summed E-state index contributed by atoms with van der Waals surface area (Å²) in [6, 6.07) is 8.14. The van der Waals surface area contributed by atoms with Crippen LogP contribution in [-0.4, -0.2) is 13.4 Å². The average Bonchev–Trinajstić information content (AvgIpc) is 1.96. The SMILES string of the molecule is CC(C)(C)C[Si](C)(C)Oc1cccc(O)c1. The molecule has 0 aliphatic carbocycles. The van der Waals surface area contributed by atoms with Crippen LogP contribution < -0.4 is 4.43 Å². The van der Waals surface area contributed by atoms with E-state index in [9.17, 15) is 5.11 Å². The van der Waals surface area contributed by atoms with Crippen molar-refractivity contribution >= 4 is 8.32 Å². The van der Waals surface area contributed by atoms with Gasteiger partial charge >= 0.3 is 0 Å². The van der Waals surface area contributed by atoms with E-state index in [0.29, 0.717) is 0 Å². The molecule has 0 aliphatic heterocycles. The van der Waals surface area contributed by atoms with Crippen molar-refractivity contribution in [3.05, 3.63) is 24.3 Å². The molecule has 1 N–H and O–H groups in total. The van der Waals surface area contributed by atoms with Crippen LogP contribution in [0.15, 0.2) is 24.3 Å². The van der Waals surface area contributed by atoms with E-state index in [2.05, 4.69) is 33.9 Å². The Bertz CT molecular complexity index is 353. The van der Waals surface area contributed by atoms with Gasteiger partial charge in [-0.1, -0.05) is 26.8 Å². The van der Waals surface area contributed by atoms with Gasteiger partial charge in [-0.2, -0.15) is 0 Å². The normalized spacial score (nSPS) is 12.6. The van der Waals surface area contributed by atoms with Crippen LogP contribution in [-0.2, 0) is 0 Å². The van der Waals surface area contributed by atoms with Crippen LogP contribution in [0.25, 0.3) is 0 Å². The van der Waals surface area contributed by atoms with Crippen LogP contribution in [0, 0.1) is 5.41 Å². The smallest absolute Gasteiger partial charge is 0.245 e. The minimum atomic E-state index is -1.71. The van der Waals surface area contributed by atoms with Gasteiger partial charge in [-0.05, 0) is 36.7 Å². The van der Waals surface area contributed by atoms with E-state index in [-0.39, 0.29) is 11.2 Å². The van der Waals surface area contributed by atoms with Crippen molar-refractivity contribution in [1.29, 1.82) is 0 Å². The fourth-order valence-corrected chi connectivity index (χ4v) is 5.57. The summed E-state index contributed by atoms with van der Waals surface area (Å²) >= 11 is 0. The largest absolute Gasteiger partial charge is 0.544 e. The molecule has 0 aliphatic rings. The highest BCUT2D eigenvalue weighted by Gasteiger charge is 2.30. The van der Waals surface area contributed by atoms with Crippen LogP contribution in [0.4, 0.5) is 0 Å². The van der Waals surface area contributed by atoms with Crippen molar-refractivity contribution in [2.75, 3.05) is 0 Å². The van der Waals surface area contributed by atoms with Crippen LogP contribution in [0.3, 0.4) is 0 Å². The average molecular weight is 238 g/mol. The molecule has 0 saturated heterocycles. The van der Waals surface area contributed by atoms with Gasteiger partial charge in [0.05, 0.1) is 0 Å². The molecule has 1 aromatic rings. The Hall–Kier alpha value is -0.963. The molecule has 0 spiro atoms. The van der Waals surface area contributed by atoms with E-state index >= 15 is 0 Å². The first-order valence-electron chi connectivity index (χ1n) is 5.66. The molecule has 3 heteroatoms. The fraction of sp³-hybridized carbons (Fsp3) is 0.538. The lowest BCUT2D eigenvalue weighted by molar-refractivity contribution is 0.425. The maximum Gasteiger partial charge on any atom is 0.245 e. The highest BCUT2D eigenvalue weighted by atomic mass is 28.4. The first-order chi connectivity index (χ1) is 7.18. The van der Waals surface area contributed by atoms with E-state index in [4.69, 9.17) is 4.43 Å². The molecule has 1 rings (SSSR count). The molecule has 0 amide bonds. The predicted octanol–water partition coefficient (Wildman–Crippen LogP) is 4.02. The van der Waals surface area contributed by atoms with Crippen molar-refractivity contribution in [2.24, 2.45) is 5.41 Å². The number of rotatable bonds is 3. The molecule has 90 valence electrons. The Labute approximate surface area is 99.4 Å². The summed E-state index contributed by atoms with van der Waals surface area (Å²) in [7, 11) is -1.71. The van der Waals surface area contributed by atoms with Crippen LogP contribution in [0.1, 0.15) is 20.8 Å². The van der Waals surface area contributed by atoms with Crippen LogP contribution >= 0.6 is 0 Å². The highest BCUT2D eigenvalue weighted by Crippen LogP contribution is 2.30. The number of phenols is 1. The molecule has 1 aromatic carbocycles. The Morgan fingerprint density at radius 2 is 1.88 bits per heavy atom. The third-order valence-corrected chi connectivity index (χ3v) is 4.87. The first kappa shape index (κ1) is 13.1. The van der Waals surface area contributed by atoms with E-state index < -0.39 is 8.32 Å². The van der Waals surface area contributed by atoms with Gasteiger partial charge in [-0.3, -0.25) is 0 Å². The van der Waals surface area contributed by atoms with Crippen molar-refractivity contribution in [1.82, 2.24) is 0 Å². The number of aromatic hydroxyl groups is 1. The second-order valence-corrected chi connectivity index (χ2v) is 10.2. The molecule has 16 heavy (non-hydrogen) atoms. The van der Waals surface area contributed by atoms with Gasteiger partial charge in [0.1, 0.15) is 11.5 Å². The quantitative estimate of drug-likeness (QED) is 0.806. The summed E-state index contributed by atoms with van der Waals surface area (Å²) in [6.07, 6.45) is 0. The first-order valence-corrected chi connectivity index (χ1v) is 8.78. The molecule has 0 fully saturated rings. The van der Waals surface area contributed by atoms with Gasteiger partial charge in [0.2, 0.25) is 8.32 Å². The second-order valence-electron chi connectivity index (χ2n) is 6.10. The molecular formula is C13H22O2Si. The van der Waals surface area contributed by atoms with Crippen molar-refractivity contribution in [2.45, 2.75) is 39.9 Å². The zero-order valence-electron chi connectivity index (χ0n) is 10.9. The lowest BCUT2D eigenvalue weighted by Gasteiger charge is -2.31. The molecule has 0 unspecified atom stereocenters. The summed E-state index contributed by atoms with van der Waals surface area (Å²) in [4.78, 5) is 0. The second kappa shape index (κ2) is 4.50. The van der Waals surface area contributed by atoms with Crippen LogP contribution in [0.2, 0.25) is 19.1 Å². The standard InChI is InChI=1S/C13H22O2Si/c1-13(2,3)10-16(4,5)15-12-8-6-7-11(14)9-12/h6-9,14H,10H2,1-5H3. The lowest BCUT2D eigenvalue weighted by Crippen LogP contribution is -2.38. The van der Waals surface area contributed by atoms with E-state index in [1.807, 2.05) is 12.1 Å². The zero-order chi connectivity index (χ0) is 12.4. The molecule has 0 aromatic heterocycles. The molecule has 0 bridgehead atoms. The molecule has 0 heterocycles. The lowest BCUT2D eigenvalue weighted by atomic mass is 10.0. The predicted molar refractivity (Wildman–Crippen MR) is 70.5 cm³/mol. The Kier molecular flexibility index (Phi) is 3.68. The minimum Gasteiger partial charge on any atom is -0.544 e. The van der Waals surface area contributed by atoms with Crippen molar-refractivity contribution < 1.29 is 9.53 Å². The Morgan fingerprint density at radius 1 is 1.25 bits per heavy atom. The topological polar surface area (TPSA) is 29.5 Å². The monoisotopic (exact) mass is 238 g/mol. The van der Waals surface area contributed by atoms with Gasteiger partial charge in [0.25, 0.3) is 0 Å². The maximum atomic E-state index is 9.38. The van der Waals surface area contributed by atoms with Gasteiger partial charge in [0.15, 0.2) is 0 Å². The molecule has 0 saturated carbocycles. The minimum absolute atomic E-state index is 0.262. The summed E-state index contributed by atoms with van der Waals surface area (Å²) in [5.74, 6) is 1.04. The van der Waals surface area contributed by atoms with Crippen molar-refractivity contribution in [3.8, 4) is 11.5 Å². The summed E-state index contributed by atoms with van der Waals surface area (Å²) in [5.41, 5.74) is 0.284. The van der Waals surface area contributed by atoms with E-state index in [0.717, 1.165) is 11.8 Å². The van der Waals surface area contributed by atoms with E-state index in [1.165, 1.54) is 0 Å². The third-order valence-electron chi connectivity index (χ3n) is 2.17. The van der Waals surface area contributed by atoms with Gasteiger partial charge in [-0.15, -0.1) is 0 Å². The summed E-state index contributed by atoms with van der Waals surface area (Å²) < 4.78 is 6.04. The maximum absolute atomic E-state index is 9.38. The zero-order valence-corrected chi connectivity index (χ0v) is 11.9. The molecule has 0 atom stereocenters. The highest BCUT2D eigenvalue weighted by molar-refractivity contribution is 6.72. The summed E-state index contributed by atoms with van der Waals surface area (Å²) in [5, 5.41) is 9.38. The number of hydrogen-bond acceptors (Lipinski definition) is 2. The third kappa shape index (κ3) is 4.70. The number of hydrogen-bond donors (Lipinski definition) is 1.